The van der Waals surface area contributed by atoms with E-state index in [4.69, 9.17) is 16.6 Å². The summed E-state index contributed by atoms with van der Waals surface area (Å²) in [7, 11) is 1.98. The minimum atomic E-state index is 0.208. The highest BCUT2D eigenvalue weighted by Gasteiger charge is 2.22. The highest BCUT2D eigenvalue weighted by atomic mass is 35.5. The van der Waals surface area contributed by atoms with E-state index >= 15 is 0 Å². The Hall–Kier alpha value is -1.33. The first-order valence-corrected chi connectivity index (χ1v) is 8.65. The van der Waals surface area contributed by atoms with E-state index in [2.05, 4.69) is 40.3 Å². The van der Waals surface area contributed by atoms with Crippen LogP contribution in [0.3, 0.4) is 0 Å². The molecule has 21 heavy (non-hydrogen) atoms. The fraction of sp³-hybridized carbons (Fsp3) is 0.467. The van der Waals surface area contributed by atoms with Gasteiger partial charge in [-0.15, -0.1) is 11.6 Å². The van der Waals surface area contributed by atoms with Gasteiger partial charge in [-0.05, 0) is 35.7 Å². The van der Waals surface area contributed by atoms with Crippen molar-refractivity contribution in [3.8, 4) is 0 Å². The lowest BCUT2D eigenvalue weighted by Crippen LogP contribution is -2.12. The summed E-state index contributed by atoms with van der Waals surface area (Å²) in [4.78, 5) is 4.75. The van der Waals surface area contributed by atoms with Crippen LogP contribution in [0.2, 0.25) is 0 Å². The number of imidazole rings is 1. The molecule has 0 amide bonds. The van der Waals surface area contributed by atoms with Crippen LogP contribution in [0.15, 0.2) is 16.8 Å². The van der Waals surface area contributed by atoms with Gasteiger partial charge in [0.1, 0.15) is 11.3 Å². The second-order valence-corrected chi connectivity index (χ2v) is 6.30. The third-order valence-electron chi connectivity index (χ3n) is 3.83. The Morgan fingerprint density at radius 1 is 1.43 bits per heavy atom. The zero-order valence-corrected chi connectivity index (χ0v) is 14.1. The van der Waals surface area contributed by atoms with Crippen LogP contribution in [-0.2, 0) is 19.3 Å². The SMILES string of the molecule is CCCc1nn(C)c2c1nc(CCl)n2C(C)c1ccsc1. The first kappa shape index (κ1) is 14.6. The molecule has 1 atom stereocenters. The molecule has 3 heterocycles. The maximum atomic E-state index is 6.14. The molecule has 0 fully saturated rings. The predicted molar refractivity (Wildman–Crippen MR) is 88.2 cm³/mol. The molecule has 4 nitrogen and oxygen atoms in total. The first-order chi connectivity index (χ1) is 10.2. The van der Waals surface area contributed by atoms with Gasteiger partial charge in [-0.25, -0.2) is 4.98 Å². The van der Waals surface area contributed by atoms with Crippen molar-refractivity contribution < 1.29 is 0 Å². The van der Waals surface area contributed by atoms with Crippen LogP contribution in [-0.4, -0.2) is 19.3 Å². The van der Waals surface area contributed by atoms with Gasteiger partial charge in [-0.2, -0.15) is 16.4 Å². The topological polar surface area (TPSA) is 35.6 Å². The summed E-state index contributed by atoms with van der Waals surface area (Å²) < 4.78 is 4.16. The van der Waals surface area contributed by atoms with Crippen LogP contribution in [0.25, 0.3) is 11.2 Å². The molecule has 6 heteroatoms. The molecule has 0 aliphatic carbocycles. The summed E-state index contributed by atoms with van der Waals surface area (Å²) >= 11 is 7.85. The van der Waals surface area contributed by atoms with E-state index in [-0.39, 0.29) is 6.04 Å². The fourth-order valence-electron chi connectivity index (χ4n) is 2.82. The number of halogens is 1. The van der Waals surface area contributed by atoms with E-state index < -0.39 is 0 Å². The van der Waals surface area contributed by atoms with Crippen LogP contribution in [0.1, 0.15) is 43.4 Å². The monoisotopic (exact) mass is 322 g/mol. The molecule has 0 N–H and O–H groups in total. The molecule has 0 aliphatic heterocycles. The number of aromatic nitrogens is 4. The number of nitrogens with zero attached hydrogens (tertiary/aromatic N) is 4. The molecule has 0 saturated carbocycles. The van der Waals surface area contributed by atoms with Crippen molar-refractivity contribution in [2.24, 2.45) is 7.05 Å². The molecular weight excluding hydrogens is 304 g/mol. The third kappa shape index (κ3) is 2.38. The number of thiophene rings is 1. The molecule has 3 aromatic rings. The molecule has 0 bridgehead atoms. The summed E-state index contributed by atoms with van der Waals surface area (Å²) in [5.41, 5.74) is 4.41. The van der Waals surface area contributed by atoms with Crippen molar-refractivity contribution in [3.05, 3.63) is 33.9 Å². The van der Waals surface area contributed by atoms with Crippen LogP contribution in [0.5, 0.6) is 0 Å². The standard InChI is InChI=1S/C15H19ClN4S/c1-4-5-12-14-15(19(3)18-12)20(13(8-16)17-14)10(2)11-6-7-21-9-11/h6-7,9-10H,4-5,8H2,1-3H3. The number of hydrogen-bond acceptors (Lipinski definition) is 3. The van der Waals surface area contributed by atoms with Crippen molar-refractivity contribution in [3.63, 3.8) is 0 Å². The van der Waals surface area contributed by atoms with Crippen molar-refractivity contribution in [2.75, 3.05) is 0 Å². The Morgan fingerprint density at radius 3 is 2.86 bits per heavy atom. The van der Waals surface area contributed by atoms with E-state index in [1.807, 2.05) is 11.7 Å². The molecule has 3 rings (SSSR count). The average molecular weight is 323 g/mol. The van der Waals surface area contributed by atoms with E-state index in [9.17, 15) is 0 Å². The van der Waals surface area contributed by atoms with Crippen LogP contribution in [0.4, 0.5) is 0 Å². The molecule has 1 unspecified atom stereocenters. The van der Waals surface area contributed by atoms with Crippen LogP contribution in [0, 0.1) is 0 Å². The third-order valence-corrected chi connectivity index (χ3v) is 4.77. The maximum Gasteiger partial charge on any atom is 0.159 e. The molecule has 112 valence electrons. The van der Waals surface area contributed by atoms with Gasteiger partial charge in [-0.3, -0.25) is 4.68 Å². The molecule has 3 aromatic heterocycles. The lowest BCUT2D eigenvalue weighted by atomic mass is 10.2. The number of rotatable bonds is 5. The second kappa shape index (κ2) is 5.81. The van der Waals surface area contributed by atoms with Crippen LogP contribution >= 0.6 is 22.9 Å². The zero-order valence-electron chi connectivity index (χ0n) is 12.5. The molecule has 0 spiro atoms. The Bertz CT molecular complexity index is 741. The predicted octanol–water partition coefficient (Wildman–Crippen LogP) is 4.13. The average Bonchev–Trinajstić information content (AvgIpc) is 3.17. The minimum absolute atomic E-state index is 0.208. The van der Waals surface area contributed by atoms with E-state index in [0.29, 0.717) is 5.88 Å². The van der Waals surface area contributed by atoms with Gasteiger partial charge in [-0.1, -0.05) is 13.3 Å². The first-order valence-electron chi connectivity index (χ1n) is 7.18. The Morgan fingerprint density at radius 2 is 2.24 bits per heavy atom. The van der Waals surface area contributed by atoms with Crippen molar-refractivity contribution in [1.29, 1.82) is 0 Å². The van der Waals surface area contributed by atoms with Gasteiger partial charge in [0.25, 0.3) is 0 Å². The molecular formula is C15H19ClN4S. The van der Waals surface area contributed by atoms with Crippen LogP contribution < -0.4 is 0 Å². The zero-order chi connectivity index (χ0) is 15.0. The highest BCUT2D eigenvalue weighted by molar-refractivity contribution is 7.07. The van der Waals surface area contributed by atoms with E-state index in [0.717, 1.165) is 35.5 Å². The Labute approximate surface area is 133 Å². The summed E-state index contributed by atoms with van der Waals surface area (Å²) in [5, 5.41) is 8.91. The van der Waals surface area contributed by atoms with Crippen molar-refractivity contribution >= 4 is 34.1 Å². The van der Waals surface area contributed by atoms with E-state index in [1.165, 1.54) is 5.56 Å². The van der Waals surface area contributed by atoms with Gasteiger partial charge < -0.3 is 4.57 Å². The van der Waals surface area contributed by atoms with Gasteiger partial charge in [0.15, 0.2) is 5.65 Å². The smallest absolute Gasteiger partial charge is 0.159 e. The van der Waals surface area contributed by atoms with Gasteiger partial charge in [0, 0.05) is 7.05 Å². The lowest BCUT2D eigenvalue weighted by Gasteiger charge is -2.16. The Kier molecular flexibility index (Phi) is 4.04. The Balaban J connectivity index is 2.20. The highest BCUT2D eigenvalue weighted by Crippen LogP contribution is 2.29. The number of aryl methyl sites for hydroxylation is 2. The quantitative estimate of drug-likeness (QED) is 0.662. The van der Waals surface area contributed by atoms with Gasteiger partial charge in [0.2, 0.25) is 0 Å². The number of hydrogen-bond donors (Lipinski definition) is 0. The molecule has 0 radical (unpaired) electrons. The van der Waals surface area contributed by atoms with Gasteiger partial charge >= 0.3 is 0 Å². The van der Waals surface area contributed by atoms with E-state index in [1.54, 1.807) is 11.3 Å². The van der Waals surface area contributed by atoms with Gasteiger partial charge in [0.05, 0.1) is 17.6 Å². The van der Waals surface area contributed by atoms with Crippen molar-refractivity contribution in [2.45, 2.75) is 38.6 Å². The normalized spacial score (nSPS) is 13.1. The maximum absolute atomic E-state index is 6.14. The summed E-state index contributed by atoms with van der Waals surface area (Å²) in [6.45, 7) is 4.35. The lowest BCUT2D eigenvalue weighted by molar-refractivity contribution is 0.607. The minimum Gasteiger partial charge on any atom is -0.305 e. The molecule has 0 aromatic carbocycles. The molecule has 0 saturated heterocycles. The number of alkyl halides is 1. The largest absolute Gasteiger partial charge is 0.305 e. The van der Waals surface area contributed by atoms with Crippen molar-refractivity contribution in [1.82, 2.24) is 19.3 Å². The second-order valence-electron chi connectivity index (χ2n) is 5.26. The number of fused-ring (bicyclic) bond motifs is 1. The summed E-state index contributed by atoms with van der Waals surface area (Å²) in [6.07, 6.45) is 2.01. The summed E-state index contributed by atoms with van der Waals surface area (Å²) in [6, 6.07) is 2.36. The fourth-order valence-corrected chi connectivity index (χ4v) is 3.75. The molecule has 0 aliphatic rings. The summed E-state index contributed by atoms with van der Waals surface area (Å²) in [5.74, 6) is 1.32.